The number of methoxy groups -OCH3 is 1. The Morgan fingerprint density at radius 2 is 1.80 bits per heavy atom. The molecule has 0 fully saturated rings. The van der Waals surface area contributed by atoms with E-state index >= 15 is 0 Å². The minimum absolute atomic E-state index is 0.0374. The molecule has 1 N–H and O–H groups in total. The molecule has 4 nitrogen and oxygen atoms in total. The topological polar surface area (TPSA) is 47.6 Å². The van der Waals surface area contributed by atoms with Gasteiger partial charge >= 0.3 is 0 Å². The van der Waals surface area contributed by atoms with Crippen molar-refractivity contribution in [3.05, 3.63) is 59.7 Å². The number of aryl methyl sites for hydroxylation is 1. The van der Waals surface area contributed by atoms with Gasteiger partial charge in [0.2, 0.25) is 0 Å². The van der Waals surface area contributed by atoms with Crippen molar-refractivity contribution in [1.29, 1.82) is 0 Å². The number of ether oxygens (including phenoxy) is 2. The van der Waals surface area contributed by atoms with Crippen LogP contribution in [0.25, 0.3) is 0 Å². The molecule has 0 aliphatic heterocycles. The minimum Gasteiger partial charge on any atom is -0.496 e. The van der Waals surface area contributed by atoms with Crippen molar-refractivity contribution >= 4 is 5.91 Å². The van der Waals surface area contributed by atoms with Gasteiger partial charge in [0.05, 0.1) is 7.11 Å². The van der Waals surface area contributed by atoms with Crippen molar-refractivity contribution in [2.45, 2.75) is 32.6 Å². The predicted molar refractivity (Wildman–Crippen MR) is 100 cm³/mol. The van der Waals surface area contributed by atoms with Gasteiger partial charge in [-0.3, -0.25) is 4.79 Å². The number of benzene rings is 2. The monoisotopic (exact) mass is 341 g/mol. The first-order valence-corrected chi connectivity index (χ1v) is 8.71. The van der Waals surface area contributed by atoms with Crippen molar-refractivity contribution in [3.8, 4) is 11.5 Å². The third-order valence-electron chi connectivity index (χ3n) is 4.05. The number of hydrogen-bond acceptors (Lipinski definition) is 3. The molecule has 0 spiro atoms. The van der Waals surface area contributed by atoms with Crippen LogP contribution in [0.1, 0.15) is 37.3 Å². The average molecular weight is 341 g/mol. The molecule has 4 heteroatoms. The van der Waals surface area contributed by atoms with Crippen molar-refractivity contribution < 1.29 is 14.3 Å². The lowest BCUT2D eigenvalue weighted by Crippen LogP contribution is -2.29. The van der Waals surface area contributed by atoms with E-state index in [-0.39, 0.29) is 12.5 Å². The Morgan fingerprint density at radius 1 is 1.08 bits per heavy atom. The molecule has 134 valence electrons. The number of hydrogen-bond donors (Lipinski definition) is 1. The maximum atomic E-state index is 11.9. The van der Waals surface area contributed by atoms with Crippen LogP contribution in [-0.2, 0) is 11.2 Å². The Kier molecular flexibility index (Phi) is 7.33. The Labute approximate surface area is 150 Å². The smallest absolute Gasteiger partial charge is 0.257 e. The highest BCUT2D eigenvalue weighted by atomic mass is 16.5. The van der Waals surface area contributed by atoms with Crippen molar-refractivity contribution in [2.24, 2.45) is 0 Å². The largest absolute Gasteiger partial charge is 0.496 e. The highest BCUT2D eigenvalue weighted by molar-refractivity contribution is 5.77. The summed E-state index contributed by atoms with van der Waals surface area (Å²) in [6, 6.07) is 15.8. The highest BCUT2D eigenvalue weighted by Gasteiger charge is 2.05. The molecule has 25 heavy (non-hydrogen) atoms. The standard InChI is InChI=1S/C21H27NO3/c1-16(2)17-10-12-19(13-11-17)25-15-21(23)22-14-6-8-18-7-4-5-9-20(18)24-3/h4-5,7,9-13,16H,6,8,14-15H2,1-3H3,(H,22,23). The van der Waals surface area contributed by atoms with Gasteiger partial charge in [-0.1, -0.05) is 44.2 Å². The van der Waals surface area contributed by atoms with Crippen LogP contribution < -0.4 is 14.8 Å². The summed E-state index contributed by atoms with van der Waals surface area (Å²) in [6.07, 6.45) is 1.72. The van der Waals surface area contributed by atoms with Crippen LogP contribution in [0.5, 0.6) is 11.5 Å². The molecule has 2 aromatic rings. The Bertz CT molecular complexity index is 665. The number of carbonyl (C=O) groups is 1. The molecule has 0 aromatic heterocycles. The molecule has 0 unspecified atom stereocenters. The van der Waals surface area contributed by atoms with E-state index in [1.807, 2.05) is 48.5 Å². The van der Waals surface area contributed by atoms with Crippen molar-refractivity contribution in [1.82, 2.24) is 5.32 Å². The average Bonchev–Trinajstić information content (AvgIpc) is 2.64. The van der Waals surface area contributed by atoms with Gasteiger partial charge < -0.3 is 14.8 Å². The number of rotatable bonds is 9. The summed E-state index contributed by atoms with van der Waals surface area (Å²) in [5, 5.41) is 2.89. The Morgan fingerprint density at radius 3 is 2.48 bits per heavy atom. The quantitative estimate of drug-likeness (QED) is 0.703. The lowest BCUT2D eigenvalue weighted by molar-refractivity contribution is -0.123. The van der Waals surface area contributed by atoms with Gasteiger partial charge in [0, 0.05) is 6.54 Å². The van der Waals surface area contributed by atoms with E-state index in [4.69, 9.17) is 9.47 Å². The van der Waals surface area contributed by atoms with Crippen LogP contribution in [-0.4, -0.2) is 26.2 Å². The normalized spacial score (nSPS) is 10.6. The molecule has 0 radical (unpaired) electrons. The molecule has 0 atom stereocenters. The molecule has 1 amide bonds. The summed E-state index contributed by atoms with van der Waals surface area (Å²) in [5.74, 6) is 1.99. The van der Waals surface area contributed by atoms with Crippen LogP contribution in [0.4, 0.5) is 0 Å². The Balaban J connectivity index is 1.67. The van der Waals surface area contributed by atoms with E-state index in [2.05, 4.69) is 19.2 Å². The lowest BCUT2D eigenvalue weighted by atomic mass is 10.0. The van der Waals surface area contributed by atoms with E-state index in [0.29, 0.717) is 18.2 Å². The van der Waals surface area contributed by atoms with Gasteiger partial charge in [0.25, 0.3) is 5.91 Å². The number of para-hydroxylation sites is 1. The van der Waals surface area contributed by atoms with Crippen LogP contribution in [0.15, 0.2) is 48.5 Å². The molecule has 0 saturated carbocycles. The zero-order chi connectivity index (χ0) is 18.1. The van der Waals surface area contributed by atoms with Crippen LogP contribution >= 0.6 is 0 Å². The first-order valence-electron chi connectivity index (χ1n) is 8.71. The van der Waals surface area contributed by atoms with E-state index in [9.17, 15) is 4.79 Å². The second-order valence-corrected chi connectivity index (χ2v) is 6.28. The Hall–Kier alpha value is -2.49. The number of carbonyl (C=O) groups excluding carboxylic acids is 1. The predicted octanol–water partition coefficient (Wildman–Crippen LogP) is 3.95. The van der Waals surface area contributed by atoms with E-state index in [0.717, 1.165) is 24.2 Å². The SMILES string of the molecule is COc1ccccc1CCCNC(=O)COc1ccc(C(C)C)cc1. The van der Waals surface area contributed by atoms with E-state index < -0.39 is 0 Å². The maximum Gasteiger partial charge on any atom is 0.257 e. The molecular weight excluding hydrogens is 314 g/mol. The van der Waals surface area contributed by atoms with E-state index in [1.165, 1.54) is 5.56 Å². The number of amides is 1. The molecule has 0 aliphatic rings. The zero-order valence-electron chi connectivity index (χ0n) is 15.2. The lowest BCUT2D eigenvalue weighted by Gasteiger charge is -2.10. The van der Waals surface area contributed by atoms with Crippen LogP contribution in [0.2, 0.25) is 0 Å². The van der Waals surface area contributed by atoms with Crippen LogP contribution in [0.3, 0.4) is 0 Å². The fourth-order valence-electron chi connectivity index (χ4n) is 2.57. The molecular formula is C21H27NO3. The summed E-state index contributed by atoms with van der Waals surface area (Å²) in [5.41, 5.74) is 2.41. The first kappa shape index (κ1) is 18.8. The molecule has 0 aliphatic carbocycles. The summed E-state index contributed by atoms with van der Waals surface area (Å²) in [7, 11) is 1.67. The summed E-state index contributed by atoms with van der Waals surface area (Å²) < 4.78 is 10.8. The second kappa shape index (κ2) is 9.72. The molecule has 0 saturated heterocycles. The summed E-state index contributed by atoms with van der Waals surface area (Å²) >= 11 is 0. The second-order valence-electron chi connectivity index (χ2n) is 6.28. The molecule has 2 rings (SSSR count). The fraction of sp³-hybridized carbons (Fsp3) is 0.381. The van der Waals surface area contributed by atoms with Crippen molar-refractivity contribution in [2.75, 3.05) is 20.3 Å². The van der Waals surface area contributed by atoms with Crippen molar-refractivity contribution in [3.63, 3.8) is 0 Å². The fourth-order valence-corrected chi connectivity index (χ4v) is 2.57. The minimum atomic E-state index is -0.104. The third-order valence-corrected chi connectivity index (χ3v) is 4.05. The van der Waals surface area contributed by atoms with Gasteiger partial charge in [0.1, 0.15) is 11.5 Å². The van der Waals surface area contributed by atoms with Crippen LogP contribution in [0, 0.1) is 0 Å². The van der Waals surface area contributed by atoms with Gasteiger partial charge in [-0.2, -0.15) is 0 Å². The van der Waals surface area contributed by atoms with Gasteiger partial charge in [0.15, 0.2) is 6.61 Å². The van der Waals surface area contributed by atoms with E-state index in [1.54, 1.807) is 7.11 Å². The first-order chi connectivity index (χ1) is 12.1. The molecule has 0 bridgehead atoms. The molecule has 0 heterocycles. The van der Waals surface area contributed by atoms with Gasteiger partial charge in [-0.15, -0.1) is 0 Å². The maximum absolute atomic E-state index is 11.9. The third kappa shape index (κ3) is 6.14. The zero-order valence-corrected chi connectivity index (χ0v) is 15.2. The summed E-state index contributed by atoms with van der Waals surface area (Å²) in [6.45, 7) is 4.95. The number of nitrogens with one attached hydrogen (secondary N) is 1. The van der Waals surface area contributed by atoms with Gasteiger partial charge in [-0.25, -0.2) is 0 Å². The highest BCUT2D eigenvalue weighted by Crippen LogP contribution is 2.19. The summed E-state index contributed by atoms with van der Waals surface area (Å²) in [4.78, 5) is 11.9. The molecule has 2 aromatic carbocycles. The van der Waals surface area contributed by atoms with Gasteiger partial charge in [-0.05, 0) is 48.1 Å².